The molecule has 0 radical (unpaired) electrons. The van der Waals surface area contributed by atoms with Crippen LogP contribution >= 0.6 is 11.3 Å². The SMILES string of the molecule is CC(=O)c1cccc(S(=O)(=O)Nc2cccc(C#Cc3cccs3)c2)c1. The summed E-state index contributed by atoms with van der Waals surface area (Å²) in [5.41, 5.74) is 1.47. The fraction of sp³-hybridized carbons (Fsp3) is 0.0500. The normalized spacial score (nSPS) is 10.7. The standard InChI is InChI=1S/C20H15NO3S2/c1-15(22)17-6-3-9-20(14-17)26(23,24)21-18-7-2-5-16(13-18)10-11-19-8-4-12-25-19/h2-9,12-14,21H,1H3. The molecular weight excluding hydrogens is 366 g/mol. The van der Waals surface area contributed by atoms with Gasteiger partial charge in [0.05, 0.1) is 15.5 Å². The lowest BCUT2D eigenvalue weighted by Gasteiger charge is -2.09. The topological polar surface area (TPSA) is 63.2 Å². The van der Waals surface area contributed by atoms with Crippen LogP contribution in [0, 0.1) is 11.8 Å². The minimum Gasteiger partial charge on any atom is -0.295 e. The Hall–Kier alpha value is -2.88. The number of Topliss-reactive ketones (excluding diaryl/α,β-unsaturated/α-hetero) is 1. The number of carbonyl (C=O) groups excluding carboxylic acids is 1. The molecule has 1 heterocycles. The lowest BCUT2D eigenvalue weighted by atomic mass is 10.2. The molecule has 0 saturated heterocycles. The van der Waals surface area contributed by atoms with Crippen molar-refractivity contribution < 1.29 is 13.2 Å². The van der Waals surface area contributed by atoms with Gasteiger partial charge in [-0.2, -0.15) is 0 Å². The number of anilines is 1. The van der Waals surface area contributed by atoms with Gasteiger partial charge < -0.3 is 0 Å². The Morgan fingerprint density at radius 3 is 2.54 bits per heavy atom. The van der Waals surface area contributed by atoms with Crippen molar-refractivity contribution in [2.45, 2.75) is 11.8 Å². The Kier molecular flexibility index (Phi) is 5.21. The van der Waals surface area contributed by atoms with E-state index in [2.05, 4.69) is 16.6 Å². The molecule has 1 aromatic heterocycles. The minimum absolute atomic E-state index is 0.0419. The van der Waals surface area contributed by atoms with Crippen LogP contribution < -0.4 is 4.72 Å². The largest absolute Gasteiger partial charge is 0.295 e. The molecule has 3 aromatic rings. The lowest BCUT2D eigenvalue weighted by Crippen LogP contribution is -2.13. The van der Waals surface area contributed by atoms with Gasteiger partial charge in [0.15, 0.2) is 5.78 Å². The summed E-state index contributed by atoms with van der Waals surface area (Å²) in [6.07, 6.45) is 0. The van der Waals surface area contributed by atoms with Gasteiger partial charge in [0.1, 0.15) is 0 Å². The Morgan fingerprint density at radius 2 is 1.81 bits per heavy atom. The number of ketones is 1. The molecule has 4 nitrogen and oxygen atoms in total. The molecule has 0 aliphatic heterocycles. The van der Waals surface area contributed by atoms with Gasteiger partial charge in [-0.05, 0) is 48.7 Å². The molecule has 0 saturated carbocycles. The molecule has 6 heteroatoms. The maximum absolute atomic E-state index is 12.6. The molecule has 0 unspecified atom stereocenters. The minimum atomic E-state index is -3.79. The van der Waals surface area contributed by atoms with Crippen LogP contribution in [0.1, 0.15) is 27.7 Å². The molecule has 0 bridgehead atoms. The fourth-order valence-corrected chi connectivity index (χ4v) is 3.91. The van der Waals surface area contributed by atoms with Crippen molar-refractivity contribution in [3.8, 4) is 11.8 Å². The molecular formula is C20H15NO3S2. The molecule has 3 rings (SSSR count). The van der Waals surface area contributed by atoms with Crippen LogP contribution in [0.3, 0.4) is 0 Å². The van der Waals surface area contributed by atoms with E-state index in [4.69, 9.17) is 0 Å². The van der Waals surface area contributed by atoms with E-state index in [0.717, 1.165) is 4.88 Å². The third-order valence-electron chi connectivity index (χ3n) is 3.52. The van der Waals surface area contributed by atoms with Gasteiger partial charge in [-0.3, -0.25) is 9.52 Å². The third-order valence-corrected chi connectivity index (χ3v) is 5.68. The number of carbonyl (C=O) groups is 1. The third kappa shape index (κ3) is 4.39. The first-order valence-corrected chi connectivity index (χ1v) is 10.1. The number of sulfonamides is 1. The van der Waals surface area contributed by atoms with Crippen molar-refractivity contribution in [3.63, 3.8) is 0 Å². The number of rotatable bonds is 4. The predicted molar refractivity (Wildman–Crippen MR) is 104 cm³/mol. The Balaban J connectivity index is 1.85. The summed E-state index contributed by atoms with van der Waals surface area (Å²) in [6, 6.07) is 16.7. The summed E-state index contributed by atoms with van der Waals surface area (Å²) in [6.45, 7) is 1.40. The molecule has 130 valence electrons. The number of benzene rings is 2. The van der Waals surface area contributed by atoms with Gasteiger partial charge in [-0.25, -0.2) is 8.42 Å². The first-order chi connectivity index (χ1) is 12.4. The van der Waals surface area contributed by atoms with Gasteiger partial charge in [-0.1, -0.05) is 36.1 Å². The number of hydrogen-bond donors (Lipinski definition) is 1. The Labute approximate surface area is 156 Å². The highest BCUT2D eigenvalue weighted by atomic mass is 32.2. The van der Waals surface area contributed by atoms with Gasteiger partial charge >= 0.3 is 0 Å². The molecule has 1 N–H and O–H groups in total. The maximum Gasteiger partial charge on any atom is 0.261 e. The molecule has 26 heavy (non-hydrogen) atoms. The summed E-state index contributed by atoms with van der Waals surface area (Å²) in [7, 11) is -3.79. The highest BCUT2D eigenvalue weighted by Crippen LogP contribution is 2.18. The summed E-state index contributed by atoms with van der Waals surface area (Å²) in [5, 5.41) is 1.95. The Morgan fingerprint density at radius 1 is 1.00 bits per heavy atom. The van der Waals surface area contributed by atoms with Crippen molar-refractivity contribution in [1.29, 1.82) is 0 Å². The van der Waals surface area contributed by atoms with E-state index in [1.807, 2.05) is 23.6 Å². The second-order valence-electron chi connectivity index (χ2n) is 5.50. The molecule has 0 aliphatic carbocycles. The van der Waals surface area contributed by atoms with Crippen LogP contribution in [-0.4, -0.2) is 14.2 Å². The number of nitrogens with one attached hydrogen (secondary N) is 1. The number of hydrogen-bond acceptors (Lipinski definition) is 4. The summed E-state index contributed by atoms with van der Waals surface area (Å²) >= 11 is 1.54. The molecule has 0 spiro atoms. The molecule has 0 amide bonds. The zero-order chi connectivity index (χ0) is 18.6. The fourth-order valence-electron chi connectivity index (χ4n) is 2.24. The van der Waals surface area contributed by atoms with Crippen LogP contribution in [0.25, 0.3) is 0 Å². The summed E-state index contributed by atoms with van der Waals surface area (Å²) in [4.78, 5) is 12.5. The highest BCUT2D eigenvalue weighted by molar-refractivity contribution is 7.92. The Bertz CT molecular complexity index is 1110. The van der Waals surface area contributed by atoms with E-state index in [9.17, 15) is 13.2 Å². The van der Waals surface area contributed by atoms with Crippen molar-refractivity contribution in [2.75, 3.05) is 4.72 Å². The van der Waals surface area contributed by atoms with Crippen molar-refractivity contribution in [3.05, 3.63) is 82.0 Å². The van der Waals surface area contributed by atoms with Gasteiger partial charge in [-0.15, -0.1) is 11.3 Å². The van der Waals surface area contributed by atoms with Crippen molar-refractivity contribution in [1.82, 2.24) is 0 Å². The van der Waals surface area contributed by atoms with Crippen molar-refractivity contribution >= 4 is 32.8 Å². The van der Waals surface area contributed by atoms with Gasteiger partial charge in [0.25, 0.3) is 10.0 Å². The van der Waals surface area contributed by atoms with E-state index >= 15 is 0 Å². The average Bonchev–Trinajstić information content (AvgIpc) is 3.13. The van der Waals surface area contributed by atoms with Crippen LogP contribution in [0.5, 0.6) is 0 Å². The average molecular weight is 381 g/mol. The van der Waals surface area contributed by atoms with Gasteiger partial charge in [0, 0.05) is 11.1 Å². The van der Waals surface area contributed by atoms with Crippen LogP contribution in [0.15, 0.2) is 70.9 Å². The zero-order valence-electron chi connectivity index (χ0n) is 13.9. The predicted octanol–water partition coefficient (Wildman–Crippen LogP) is 4.15. The van der Waals surface area contributed by atoms with E-state index < -0.39 is 10.0 Å². The first kappa shape index (κ1) is 17.9. The lowest BCUT2D eigenvalue weighted by molar-refractivity contribution is 0.101. The summed E-state index contributed by atoms with van der Waals surface area (Å²) in [5.74, 6) is 5.87. The zero-order valence-corrected chi connectivity index (χ0v) is 15.5. The summed E-state index contributed by atoms with van der Waals surface area (Å²) < 4.78 is 27.7. The van der Waals surface area contributed by atoms with Crippen LogP contribution in [-0.2, 0) is 10.0 Å². The molecule has 0 aliphatic rings. The quantitative estimate of drug-likeness (QED) is 0.545. The van der Waals surface area contributed by atoms with E-state index in [1.165, 1.54) is 19.1 Å². The maximum atomic E-state index is 12.6. The van der Waals surface area contributed by atoms with Crippen LogP contribution in [0.2, 0.25) is 0 Å². The molecule has 2 aromatic carbocycles. The number of thiophene rings is 1. The first-order valence-electron chi connectivity index (χ1n) is 7.73. The van der Waals surface area contributed by atoms with E-state index in [-0.39, 0.29) is 10.7 Å². The second-order valence-corrected chi connectivity index (χ2v) is 8.13. The second kappa shape index (κ2) is 7.56. The van der Waals surface area contributed by atoms with Crippen molar-refractivity contribution in [2.24, 2.45) is 0 Å². The van der Waals surface area contributed by atoms with Gasteiger partial charge in [0.2, 0.25) is 0 Å². The highest BCUT2D eigenvalue weighted by Gasteiger charge is 2.15. The molecule has 0 atom stereocenters. The van der Waals surface area contributed by atoms with E-state index in [0.29, 0.717) is 16.8 Å². The van der Waals surface area contributed by atoms with Crippen LogP contribution in [0.4, 0.5) is 5.69 Å². The van der Waals surface area contributed by atoms with E-state index in [1.54, 1.807) is 41.7 Å². The smallest absolute Gasteiger partial charge is 0.261 e. The monoisotopic (exact) mass is 381 g/mol. The molecule has 0 fully saturated rings.